The molecule has 0 spiro atoms. The third-order valence-electron chi connectivity index (χ3n) is 2.11. The Morgan fingerprint density at radius 2 is 2.18 bits per heavy atom. The number of carboxylic acids is 1. The van der Waals surface area contributed by atoms with Crippen LogP contribution in [0.5, 0.6) is 0 Å². The molecule has 1 unspecified atom stereocenters. The third kappa shape index (κ3) is 4.91. The second-order valence-corrected chi connectivity index (χ2v) is 4.78. The molecule has 1 rings (SSSR count). The topological polar surface area (TPSA) is 66.4 Å². The van der Waals surface area contributed by atoms with Crippen LogP contribution in [0.4, 0.5) is 0 Å². The zero-order valence-electron chi connectivity index (χ0n) is 9.77. The molecule has 5 heteroatoms. The summed E-state index contributed by atoms with van der Waals surface area (Å²) in [6.45, 7) is 3.42. The maximum atomic E-state index is 11.4. The van der Waals surface area contributed by atoms with E-state index in [1.165, 1.54) is 18.7 Å². The van der Waals surface area contributed by atoms with E-state index >= 15 is 0 Å². The van der Waals surface area contributed by atoms with Gasteiger partial charge in [0.15, 0.2) is 0 Å². The molecule has 2 N–H and O–H groups in total. The van der Waals surface area contributed by atoms with E-state index in [9.17, 15) is 9.59 Å². The van der Waals surface area contributed by atoms with E-state index in [2.05, 4.69) is 5.32 Å². The van der Waals surface area contributed by atoms with Crippen LogP contribution in [0.3, 0.4) is 0 Å². The van der Waals surface area contributed by atoms with Crippen LogP contribution >= 0.6 is 11.8 Å². The van der Waals surface area contributed by atoms with Crippen LogP contribution in [0.15, 0.2) is 29.2 Å². The lowest BCUT2D eigenvalue weighted by Gasteiger charge is -2.08. The fourth-order valence-electron chi connectivity index (χ4n) is 1.20. The maximum Gasteiger partial charge on any atom is 0.325 e. The van der Waals surface area contributed by atoms with Gasteiger partial charge in [-0.1, -0.05) is 17.7 Å². The smallest absolute Gasteiger partial charge is 0.325 e. The second-order valence-electron chi connectivity index (χ2n) is 3.73. The first kappa shape index (κ1) is 13.6. The number of hydrogen-bond acceptors (Lipinski definition) is 3. The van der Waals surface area contributed by atoms with Gasteiger partial charge in [0.1, 0.15) is 6.04 Å². The maximum absolute atomic E-state index is 11.4. The van der Waals surface area contributed by atoms with Crippen molar-refractivity contribution in [2.45, 2.75) is 24.8 Å². The highest BCUT2D eigenvalue weighted by Gasteiger charge is 2.13. The molecule has 92 valence electrons. The lowest BCUT2D eigenvalue weighted by Crippen LogP contribution is -2.39. The summed E-state index contributed by atoms with van der Waals surface area (Å²) in [5.41, 5.74) is 1.13. The first-order valence-electron chi connectivity index (χ1n) is 5.20. The molecule has 17 heavy (non-hydrogen) atoms. The Kier molecular flexibility index (Phi) is 5.03. The van der Waals surface area contributed by atoms with E-state index in [4.69, 9.17) is 5.11 Å². The Morgan fingerprint density at radius 3 is 2.76 bits per heavy atom. The highest BCUT2D eigenvalue weighted by atomic mass is 32.2. The molecule has 0 saturated carbocycles. The lowest BCUT2D eigenvalue weighted by molar-refractivity contribution is -0.140. The summed E-state index contributed by atoms with van der Waals surface area (Å²) >= 11 is 1.39. The van der Waals surface area contributed by atoms with Crippen molar-refractivity contribution in [1.82, 2.24) is 5.32 Å². The van der Waals surface area contributed by atoms with Crippen LogP contribution in [-0.2, 0) is 9.59 Å². The van der Waals surface area contributed by atoms with Gasteiger partial charge in [-0.3, -0.25) is 9.59 Å². The number of nitrogens with one attached hydrogen (secondary N) is 1. The monoisotopic (exact) mass is 253 g/mol. The molecular formula is C12H15NO3S. The summed E-state index contributed by atoms with van der Waals surface area (Å²) in [6.07, 6.45) is 0. The predicted octanol–water partition coefficient (Wildman–Crippen LogP) is 1.68. The van der Waals surface area contributed by atoms with Crippen LogP contribution in [0.2, 0.25) is 0 Å². The molecule has 1 aromatic carbocycles. The molecule has 0 saturated heterocycles. The van der Waals surface area contributed by atoms with Crippen LogP contribution in [0.1, 0.15) is 12.5 Å². The molecule has 0 aliphatic heterocycles. The first-order valence-corrected chi connectivity index (χ1v) is 6.19. The zero-order chi connectivity index (χ0) is 12.8. The van der Waals surface area contributed by atoms with E-state index in [1.54, 1.807) is 0 Å². The summed E-state index contributed by atoms with van der Waals surface area (Å²) in [6, 6.07) is 6.97. The van der Waals surface area contributed by atoms with Gasteiger partial charge < -0.3 is 10.4 Å². The largest absolute Gasteiger partial charge is 0.480 e. The SMILES string of the molecule is Cc1cccc(SCC(=O)NC(C)C(=O)O)c1. The normalized spacial score (nSPS) is 11.9. The van der Waals surface area contributed by atoms with E-state index in [-0.39, 0.29) is 11.7 Å². The van der Waals surface area contributed by atoms with E-state index in [1.807, 2.05) is 31.2 Å². The number of carbonyl (C=O) groups excluding carboxylic acids is 1. The van der Waals surface area contributed by atoms with Crippen LogP contribution < -0.4 is 5.32 Å². The molecule has 0 aromatic heterocycles. The lowest BCUT2D eigenvalue weighted by atomic mass is 10.2. The molecule has 0 bridgehead atoms. The molecule has 0 aliphatic rings. The van der Waals surface area contributed by atoms with E-state index in [0.29, 0.717) is 0 Å². The quantitative estimate of drug-likeness (QED) is 0.783. The molecule has 0 heterocycles. The number of carboxylic acid groups (broad SMARTS) is 1. The van der Waals surface area contributed by atoms with Crippen LogP contribution in [0.25, 0.3) is 0 Å². The van der Waals surface area contributed by atoms with Gasteiger partial charge >= 0.3 is 5.97 Å². The molecule has 4 nitrogen and oxygen atoms in total. The minimum absolute atomic E-state index is 0.223. The van der Waals surface area contributed by atoms with Crippen molar-refractivity contribution in [2.24, 2.45) is 0 Å². The summed E-state index contributed by atoms with van der Waals surface area (Å²) in [7, 11) is 0. The number of amides is 1. The molecule has 0 fully saturated rings. The van der Waals surface area contributed by atoms with Gasteiger partial charge in [0.25, 0.3) is 0 Å². The fraction of sp³-hybridized carbons (Fsp3) is 0.333. The average molecular weight is 253 g/mol. The summed E-state index contributed by atoms with van der Waals surface area (Å²) < 4.78 is 0. The summed E-state index contributed by atoms with van der Waals surface area (Å²) in [5.74, 6) is -1.08. The van der Waals surface area contributed by atoms with Gasteiger partial charge in [0.2, 0.25) is 5.91 Å². The van der Waals surface area contributed by atoms with E-state index < -0.39 is 12.0 Å². The van der Waals surface area contributed by atoms with Crippen LogP contribution in [-0.4, -0.2) is 28.8 Å². The van der Waals surface area contributed by atoms with Crippen molar-refractivity contribution in [1.29, 1.82) is 0 Å². The van der Waals surface area contributed by atoms with Crippen molar-refractivity contribution in [3.05, 3.63) is 29.8 Å². The second kappa shape index (κ2) is 6.30. The zero-order valence-corrected chi connectivity index (χ0v) is 10.6. The van der Waals surface area contributed by atoms with Gasteiger partial charge in [0.05, 0.1) is 5.75 Å². The minimum Gasteiger partial charge on any atom is -0.480 e. The Labute approximate surface area is 104 Å². The number of aliphatic carboxylic acids is 1. The van der Waals surface area contributed by atoms with Crippen molar-refractivity contribution in [3.63, 3.8) is 0 Å². The van der Waals surface area contributed by atoms with Gasteiger partial charge in [-0.2, -0.15) is 0 Å². The molecule has 0 radical (unpaired) electrons. The van der Waals surface area contributed by atoms with Crippen molar-refractivity contribution in [3.8, 4) is 0 Å². The fourth-order valence-corrected chi connectivity index (χ4v) is 2.02. The molecular weight excluding hydrogens is 238 g/mol. The highest BCUT2D eigenvalue weighted by molar-refractivity contribution is 8.00. The Morgan fingerprint density at radius 1 is 1.47 bits per heavy atom. The average Bonchev–Trinajstić information content (AvgIpc) is 2.26. The summed E-state index contributed by atoms with van der Waals surface area (Å²) in [4.78, 5) is 23.0. The molecule has 0 aliphatic carbocycles. The number of carbonyl (C=O) groups is 2. The van der Waals surface area contributed by atoms with Crippen molar-refractivity contribution >= 4 is 23.6 Å². The van der Waals surface area contributed by atoms with Crippen molar-refractivity contribution < 1.29 is 14.7 Å². The third-order valence-corrected chi connectivity index (χ3v) is 3.10. The minimum atomic E-state index is -1.03. The van der Waals surface area contributed by atoms with Gasteiger partial charge in [-0.05, 0) is 26.0 Å². The Balaban J connectivity index is 2.41. The number of hydrogen-bond donors (Lipinski definition) is 2. The first-order chi connectivity index (χ1) is 7.99. The van der Waals surface area contributed by atoms with E-state index in [0.717, 1.165) is 10.5 Å². The Hall–Kier alpha value is -1.49. The predicted molar refractivity (Wildman–Crippen MR) is 67.1 cm³/mol. The number of benzene rings is 1. The number of aryl methyl sites for hydroxylation is 1. The summed E-state index contributed by atoms with van der Waals surface area (Å²) in [5, 5.41) is 11.0. The molecule has 1 aromatic rings. The van der Waals surface area contributed by atoms with Crippen molar-refractivity contribution in [2.75, 3.05) is 5.75 Å². The standard InChI is InChI=1S/C12H15NO3S/c1-8-4-3-5-10(6-8)17-7-11(14)13-9(2)12(15)16/h3-6,9H,7H2,1-2H3,(H,13,14)(H,15,16). The number of rotatable bonds is 5. The van der Waals surface area contributed by atoms with Gasteiger partial charge in [-0.25, -0.2) is 0 Å². The number of thioether (sulfide) groups is 1. The molecule has 1 amide bonds. The highest BCUT2D eigenvalue weighted by Crippen LogP contribution is 2.18. The van der Waals surface area contributed by atoms with Gasteiger partial charge in [-0.15, -0.1) is 11.8 Å². The Bertz CT molecular complexity index is 420. The van der Waals surface area contributed by atoms with Crippen LogP contribution in [0, 0.1) is 6.92 Å². The molecule has 1 atom stereocenters. The van der Waals surface area contributed by atoms with Gasteiger partial charge in [0, 0.05) is 4.90 Å².